The van der Waals surface area contributed by atoms with Gasteiger partial charge in [0, 0.05) is 13.2 Å². The highest BCUT2D eigenvalue weighted by Gasteiger charge is 2.30. The van der Waals surface area contributed by atoms with Gasteiger partial charge in [0.05, 0.1) is 13.2 Å². The summed E-state index contributed by atoms with van der Waals surface area (Å²) >= 11 is 0. The molecule has 2 atom stereocenters. The van der Waals surface area contributed by atoms with E-state index >= 15 is 0 Å². The molecule has 102 valence electrons. The van der Waals surface area contributed by atoms with Gasteiger partial charge in [-0.15, -0.1) is 0 Å². The van der Waals surface area contributed by atoms with Gasteiger partial charge in [-0.05, 0) is 23.5 Å². The van der Waals surface area contributed by atoms with Crippen LogP contribution in [0.25, 0.3) is 0 Å². The lowest BCUT2D eigenvalue weighted by Crippen LogP contribution is -2.46. The van der Waals surface area contributed by atoms with Crippen LogP contribution in [0.15, 0.2) is 24.3 Å². The van der Waals surface area contributed by atoms with Crippen LogP contribution >= 0.6 is 0 Å². The van der Waals surface area contributed by atoms with Crippen molar-refractivity contribution in [1.29, 1.82) is 0 Å². The van der Waals surface area contributed by atoms with Crippen molar-refractivity contribution in [2.75, 3.05) is 14.2 Å². The van der Waals surface area contributed by atoms with Crippen molar-refractivity contribution < 1.29 is 9.47 Å². The topological polar surface area (TPSA) is 44.5 Å². The number of methoxy groups -OCH3 is 2. The fourth-order valence-corrected chi connectivity index (χ4v) is 2.40. The van der Waals surface area contributed by atoms with Crippen LogP contribution in [0, 0.1) is 5.41 Å². The SMILES string of the molecule is COc1ccccc1CC(N)C(OC)C(C)(C)C. The maximum absolute atomic E-state index is 6.29. The molecule has 0 heterocycles. The van der Waals surface area contributed by atoms with E-state index in [1.54, 1.807) is 14.2 Å². The number of hydrogen-bond donors (Lipinski definition) is 1. The third-order valence-corrected chi connectivity index (χ3v) is 3.14. The second kappa shape index (κ2) is 6.21. The molecule has 0 amide bonds. The van der Waals surface area contributed by atoms with Crippen LogP contribution in [0.3, 0.4) is 0 Å². The summed E-state index contributed by atoms with van der Waals surface area (Å²) in [6.07, 6.45) is 0.766. The van der Waals surface area contributed by atoms with Crippen LogP contribution in [0.5, 0.6) is 5.75 Å². The number of hydrogen-bond acceptors (Lipinski definition) is 3. The summed E-state index contributed by atoms with van der Waals surface area (Å²) in [4.78, 5) is 0. The number of ether oxygens (including phenoxy) is 2. The van der Waals surface area contributed by atoms with Gasteiger partial charge >= 0.3 is 0 Å². The standard InChI is InChI=1S/C15H25NO2/c1-15(2,3)14(18-5)12(16)10-11-8-6-7-9-13(11)17-4/h6-9,12,14H,10,16H2,1-5H3. The van der Waals surface area contributed by atoms with Crippen molar-refractivity contribution in [2.45, 2.75) is 39.3 Å². The van der Waals surface area contributed by atoms with E-state index in [4.69, 9.17) is 15.2 Å². The first-order chi connectivity index (χ1) is 8.40. The molecule has 0 aromatic heterocycles. The minimum Gasteiger partial charge on any atom is -0.496 e. The molecule has 1 aromatic carbocycles. The van der Waals surface area contributed by atoms with Gasteiger partial charge in [0.25, 0.3) is 0 Å². The Morgan fingerprint density at radius 3 is 2.28 bits per heavy atom. The average molecular weight is 251 g/mol. The fraction of sp³-hybridized carbons (Fsp3) is 0.600. The van der Waals surface area contributed by atoms with Crippen molar-refractivity contribution in [1.82, 2.24) is 0 Å². The third-order valence-electron chi connectivity index (χ3n) is 3.14. The Morgan fingerprint density at radius 1 is 1.17 bits per heavy atom. The summed E-state index contributed by atoms with van der Waals surface area (Å²) in [7, 11) is 3.40. The second-order valence-corrected chi connectivity index (χ2v) is 5.70. The highest BCUT2D eigenvalue weighted by Crippen LogP contribution is 2.27. The number of rotatable bonds is 5. The molecule has 0 spiro atoms. The molecule has 0 radical (unpaired) electrons. The molecule has 2 N–H and O–H groups in total. The average Bonchev–Trinajstić information content (AvgIpc) is 2.28. The summed E-state index contributed by atoms with van der Waals surface area (Å²) < 4.78 is 10.9. The van der Waals surface area contributed by atoms with Crippen molar-refractivity contribution in [3.63, 3.8) is 0 Å². The molecule has 0 aliphatic rings. The van der Waals surface area contributed by atoms with E-state index < -0.39 is 0 Å². The predicted octanol–water partition coefficient (Wildman–Crippen LogP) is 2.63. The van der Waals surface area contributed by atoms with Crippen molar-refractivity contribution >= 4 is 0 Å². The van der Waals surface area contributed by atoms with Gasteiger partial charge in [-0.25, -0.2) is 0 Å². The Kier molecular flexibility index (Phi) is 5.17. The summed E-state index contributed by atoms with van der Waals surface area (Å²) in [5, 5.41) is 0. The van der Waals surface area contributed by atoms with Gasteiger partial charge in [0.1, 0.15) is 5.75 Å². The molecule has 0 saturated heterocycles. The van der Waals surface area contributed by atoms with E-state index in [2.05, 4.69) is 20.8 Å². The van der Waals surface area contributed by atoms with Crippen molar-refractivity contribution in [3.8, 4) is 5.75 Å². The molecule has 3 heteroatoms. The molecule has 1 aromatic rings. The Morgan fingerprint density at radius 2 is 1.78 bits per heavy atom. The zero-order valence-electron chi connectivity index (χ0n) is 12.1. The van der Waals surface area contributed by atoms with Crippen LogP contribution < -0.4 is 10.5 Å². The lowest BCUT2D eigenvalue weighted by atomic mass is 9.82. The maximum Gasteiger partial charge on any atom is 0.122 e. The van der Waals surface area contributed by atoms with Crippen molar-refractivity contribution in [3.05, 3.63) is 29.8 Å². The lowest BCUT2D eigenvalue weighted by molar-refractivity contribution is -0.00175. The summed E-state index contributed by atoms with van der Waals surface area (Å²) in [6.45, 7) is 6.43. The minimum absolute atomic E-state index is 0.0161. The zero-order chi connectivity index (χ0) is 13.8. The van der Waals surface area contributed by atoms with Gasteiger partial charge in [-0.1, -0.05) is 39.0 Å². The van der Waals surface area contributed by atoms with Crippen molar-refractivity contribution in [2.24, 2.45) is 11.1 Å². The van der Waals surface area contributed by atoms with Crippen LogP contribution in [-0.4, -0.2) is 26.4 Å². The first-order valence-electron chi connectivity index (χ1n) is 6.30. The summed E-state index contributed by atoms with van der Waals surface area (Å²) in [6, 6.07) is 7.93. The first-order valence-corrected chi connectivity index (χ1v) is 6.30. The monoisotopic (exact) mass is 251 g/mol. The molecule has 0 bridgehead atoms. The first kappa shape index (κ1) is 15.0. The Labute approximate surface area is 110 Å². The van der Waals surface area contributed by atoms with E-state index in [0.717, 1.165) is 17.7 Å². The summed E-state index contributed by atoms with van der Waals surface area (Å²) in [5.41, 5.74) is 7.44. The molecule has 0 saturated carbocycles. The quantitative estimate of drug-likeness (QED) is 0.875. The van der Waals surface area contributed by atoms with E-state index in [-0.39, 0.29) is 17.6 Å². The van der Waals surface area contributed by atoms with Crippen LogP contribution in [0.1, 0.15) is 26.3 Å². The number of nitrogens with two attached hydrogens (primary N) is 1. The van der Waals surface area contributed by atoms with Gasteiger partial charge in [-0.2, -0.15) is 0 Å². The molecule has 0 aliphatic heterocycles. The molecule has 0 fully saturated rings. The van der Waals surface area contributed by atoms with E-state index in [1.807, 2.05) is 24.3 Å². The molecular formula is C15H25NO2. The lowest BCUT2D eigenvalue weighted by Gasteiger charge is -2.34. The smallest absolute Gasteiger partial charge is 0.122 e. The fourth-order valence-electron chi connectivity index (χ4n) is 2.40. The van der Waals surface area contributed by atoms with Crippen LogP contribution in [-0.2, 0) is 11.2 Å². The van der Waals surface area contributed by atoms with E-state index in [0.29, 0.717) is 0 Å². The summed E-state index contributed by atoms with van der Waals surface area (Å²) in [5.74, 6) is 0.886. The van der Waals surface area contributed by atoms with E-state index in [9.17, 15) is 0 Å². The second-order valence-electron chi connectivity index (χ2n) is 5.70. The molecule has 2 unspecified atom stereocenters. The van der Waals surface area contributed by atoms with Crippen LogP contribution in [0.4, 0.5) is 0 Å². The predicted molar refractivity (Wildman–Crippen MR) is 74.9 cm³/mol. The van der Waals surface area contributed by atoms with Crippen LogP contribution in [0.2, 0.25) is 0 Å². The Hall–Kier alpha value is -1.06. The zero-order valence-corrected chi connectivity index (χ0v) is 12.1. The minimum atomic E-state index is -0.0497. The normalized spacial score (nSPS) is 15.2. The Balaban J connectivity index is 2.83. The molecule has 0 aliphatic carbocycles. The van der Waals surface area contributed by atoms with Gasteiger partial charge in [0.15, 0.2) is 0 Å². The van der Waals surface area contributed by atoms with Gasteiger partial charge in [0.2, 0.25) is 0 Å². The molecule has 3 nitrogen and oxygen atoms in total. The largest absolute Gasteiger partial charge is 0.496 e. The van der Waals surface area contributed by atoms with Gasteiger partial charge in [-0.3, -0.25) is 0 Å². The highest BCUT2D eigenvalue weighted by molar-refractivity contribution is 5.34. The number of para-hydroxylation sites is 1. The highest BCUT2D eigenvalue weighted by atomic mass is 16.5. The number of benzene rings is 1. The maximum atomic E-state index is 6.29. The third kappa shape index (κ3) is 3.72. The molecular weight excluding hydrogens is 226 g/mol. The molecule has 18 heavy (non-hydrogen) atoms. The van der Waals surface area contributed by atoms with E-state index in [1.165, 1.54) is 0 Å². The molecule has 1 rings (SSSR count). The Bertz CT molecular complexity index is 371. The van der Waals surface area contributed by atoms with Gasteiger partial charge < -0.3 is 15.2 Å².